The molecule has 0 spiro atoms. The maximum Gasteiger partial charge on any atom is 0.252 e. The van der Waals surface area contributed by atoms with E-state index in [1.165, 1.54) is 0 Å². The normalized spacial score (nSPS) is 11.2. The van der Waals surface area contributed by atoms with E-state index in [2.05, 4.69) is 5.32 Å². The van der Waals surface area contributed by atoms with Crippen LogP contribution in [0.2, 0.25) is 5.02 Å². The highest BCUT2D eigenvalue weighted by molar-refractivity contribution is 6.31. The summed E-state index contributed by atoms with van der Waals surface area (Å²) in [7, 11) is 0. The zero-order valence-electron chi connectivity index (χ0n) is 13.7. The molecule has 3 heteroatoms. The van der Waals surface area contributed by atoms with Crippen molar-refractivity contribution in [2.75, 3.05) is 0 Å². The average molecular weight is 348 g/mol. The minimum atomic E-state index is -0.116. The lowest BCUT2D eigenvalue weighted by Gasteiger charge is -2.10. The summed E-state index contributed by atoms with van der Waals surface area (Å²) in [5, 5.41) is 3.64. The number of halogens is 1. The van der Waals surface area contributed by atoms with Gasteiger partial charge in [0.15, 0.2) is 0 Å². The van der Waals surface area contributed by atoms with Crippen LogP contribution >= 0.6 is 11.6 Å². The molecule has 0 radical (unpaired) electrons. The van der Waals surface area contributed by atoms with E-state index in [9.17, 15) is 4.79 Å². The molecule has 0 aliphatic rings. The Kier molecular flexibility index (Phi) is 5.65. The molecule has 0 unspecified atom stereocenters. The van der Waals surface area contributed by atoms with E-state index in [0.717, 1.165) is 16.7 Å². The number of nitrogens with one attached hydrogen (secondary N) is 1. The third-order valence-electron chi connectivity index (χ3n) is 3.81. The van der Waals surface area contributed by atoms with Gasteiger partial charge in [-0.15, -0.1) is 0 Å². The molecule has 0 heterocycles. The Hall–Kier alpha value is -2.84. The van der Waals surface area contributed by atoms with Crippen LogP contribution < -0.4 is 5.32 Å². The average Bonchev–Trinajstić information content (AvgIpc) is 2.67. The molecule has 1 N–H and O–H groups in total. The van der Waals surface area contributed by atoms with Crippen molar-refractivity contribution < 1.29 is 4.79 Å². The molecule has 0 saturated heterocycles. The standard InChI is InChI=1S/C22H18ClNO/c23-20-13-11-19(12-14-20)21(15-17-7-3-1-4-8-17)22(25)24-16-18-9-5-2-6-10-18/h1-15H,16H2,(H,24,25)/b21-15-. The van der Waals surface area contributed by atoms with E-state index in [4.69, 9.17) is 11.6 Å². The predicted molar refractivity (Wildman–Crippen MR) is 104 cm³/mol. The van der Waals surface area contributed by atoms with Gasteiger partial charge < -0.3 is 5.32 Å². The summed E-state index contributed by atoms with van der Waals surface area (Å²) < 4.78 is 0. The number of hydrogen-bond acceptors (Lipinski definition) is 1. The molecule has 1 amide bonds. The monoisotopic (exact) mass is 347 g/mol. The highest BCUT2D eigenvalue weighted by atomic mass is 35.5. The number of hydrogen-bond donors (Lipinski definition) is 1. The lowest BCUT2D eigenvalue weighted by molar-refractivity contribution is -0.115. The van der Waals surface area contributed by atoms with Gasteiger partial charge in [-0.25, -0.2) is 0 Å². The zero-order chi connectivity index (χ0) is 17.5. The van der Waals surface area contributed by atoms with Gasteiger partial charge in [0.25, 0.3) is 5.91 Å². The fraction of sp³-hybridized carbons (Fsp3) is 0.0455. The van der Waals surface area contributed by atoms with Gasteiger partial charge in [0, 0.05) is 17.1 Å². The van der Waals surface area contributed by atoms with Crippen LogP contribution in [0.5, 0.6) is 0 Å². The van der Waals surface area contributed by atoms with E-state index >= 15 is 0 Å². The Bertz CT molecular complexity index is 856. The molecule has 124 valence electrons. The van der Waals surface area contributed by atoms with Crippen molar-refractivity contribution >= 4 is 29.2 Å². The first-order chi connectivity index (χ1) is 12.2. The van der Waals surface area contributed by atoms with Crippen molar-refractivity contribution in [1.82, 2.24) is 5.32 Å². The second-order valence-corrected chi connectivity index (χ2v) is 6.08. The van der Waals surface area contributed by atoms with E-state index in [0.29, 0.717) is 17.1 Å². The Labute approximate surface area is 152 Å². The first-order valence-electron chi connectivity index (χ1n) is 8.07. The van der Waals surface area contributed by atoms with Crippen LogP contribution in [0.25, 0.3) is 11.6 Å². The van der Waals surface area contributed by atoms with Gasteiger partial charge >= 0.3 is 0 Å². The predicted octanol–water partition coefficient (Wildman–Crippen LogP) is 5.20. The Morgan fingerprint density at radius 2 is 1.44 bits per heavy atom. The van der Waals surface area contributed by atoms with Crippen molar-refractivity contribution in [3.63, 3.8) is 0 Å². The molecular formula is C22H18ClNO. The van der Waals surface area contributed by atoms with Crippen LogP contribution in [-0.2, 0) is 11.3 Å². The molecule has 0 aromatic heterocycles. The number of amides is 1. The summed E-state index contributed by atoms with van der Waals surface area (Å²) in [6, 6.07) is 27.0. The molecule has 3 aromatic carbocycles. The number of benzene rings is 3. The fourth-order valence-corrected chi connectivity index (χ4v) is 2.62. The Morgan fingerprint density at radius 3 is 2.08 bits per heavy atom. The lowest BCUT2D eigenvalue weighted by Crippen LogP contribution is -2.23. The summed E-state index contributed by atoms with van der Waals surface area (Å²) in [5.74, 6) is -0.116. The summed E-state index contributed by atoms with van der Waals surface area (Å²) in [5.41, 5.74) is 3.48. The van der Waals surface area contributed by atoms with E-state index < -0.39 is 0 Å². The van der Waals surface area contributed by atoms with Gasteiger partial charge in [0.2, 0.25) is 0 Å². The largest absolute Gasteiger partial charge is 0.348 e. The summed E-state index contributed by atoms with van der Waals surface area (Å²) in [4.78, 5) is 12.8. The molecule has 0 saturated carbocycles. The molecule has 25 heavy (non-hydrogen) atoms. The Balaban J connectivity index is 1.86. The van der Waals surface area contributed by atoms with Crippen LogP contribution in [0.3, 0.4) is 0 Å². The van der Waals surface area contributed by atoms with Crippen molar-refractivity contribution in [1.29, 1.82) is 0 Å². The van der Waals surface area contributed by atoms with E-state index in [1.807, 2.05) is 78.9 Å². The van der Waals surface area contributed by atoms with Gasteiger partial charge in [-0.2, -0.15) is 0 Å². The summed E-state index contributed by atoms with van der Waals surface area (Å²) in [6.07, 6.45) is 1.89. The first kappa shape index (κ1) is 17.0. The SMILES string of the molecule is O=C(NCc1ccccc1)/C(=C\c1ccccc1)c1ccc(Cl)cc1. The third-order valence-corrected chi connectivity index (χ3v) is 4.06. The van der Waals surface area contributed by atoms with Crippen LogP contribution in [0.15, 0.2) is 84.9 Å². The molecule has 3 rings (SSSR count). The van der Waals surface area contributed by atoms with Crippen molar-refractivity contribution in [2.45, 2.75) is 6.54 Å². The smallest absolute Gasteiger partial charge is 0.252 e. The molecule has 0 aliphatic heterocycles. The molecule has 3 aromatic rings. The van der Waals surface area contributed by atoms with Crippen LogP contribution in [0, 0.1) is 0 Å². The molecule has 0 aliphatic carbocycles. The second kappa shape index (κ2) is 8.32. The van der Waals surface area contributed by atoms with Crippen LogP contribution in [0.1, 0.15) is 16.7 Å². The van der Waals surface area contributed by atoms with Gasteiger partial charge in [-0.05, 0) is 34.9 Å². The lowest BCUT2D eigenvalue weighted by atomic mass is 10.0. The van der Waals surface area contributed by atoms with Gasteiger partial charge in [-0.1, -0.05) is 84.4 Å². The summed E-state index contributed by atoms with van der Waals surface area (Å²) in [6.45, 7) is 0.486. The second-order valence-electron chi connectivity index (χ2n) is 5.64. The van der Waals surface area contributed by atoms with Crippen LogP contribution in [-0.4, -0.2) is 5.91 Å². The van der Waals surface area contributed by atoms with E-state index in [1.54, 1.807) is 12.1 Å². The van der Waals surface area contributed by atoms with Gasteiger partial charge in [0.1, 0.15) is 0 Å². The molecule has 0 bridgehead atoms. The number of carbonyl (C=O) groups is 1. The maximum atomic E-state index is 12.8. The Morgan fingerprint density at radius 1 is 0.840 bits per heavy atom. The minimum Gasteiger partial charge on any atom is -0.348 e. The number of rotatable bonds is 5. The third kappa shape index (κ3) is 4.82. The molecule has 2 nitrogen and oxygen atoms in total. The van der Waals surface area contributed by atoms with Crippen molar-refractivity contribution in [3.8, 4) is 0 Å². The minimum absolute atomic E-state index is 0.116. The van der Waals surface area contributed by atoms with Crippen molar-refractivity contribution in [3.05, 3.63) is 107 Å². The molecule has 0 fully saturated rings. The topological polar surface area (TPSA) is 29.1 Å². The molecular weight excluding hydrogens is 330 g/mol. The maximum absolute atomic E-state index is 12.8. The quantitative estimate of drug-likeness (QED) is 0.499. The highest BCUT2D eigenvalue weighted by Gasteiger charge is 2.12. The first-order valence-corrected chi connectivity index (χ1v) is 8.45. The fourth-order valence-electron chi connectivity index (χ4n) is 2.50. The van der Waals surface area contributed by atoms with Crippen LogP contribution in [0.4, 0.5) is 0 Å². The van der Waals surface area contributed by atoms with Crippen molar-refractivity contribution in [2.24, 2.45) is 0 Å². The van der Waals surface area contributed by atoms with Gasteiger partial charge in [0.05, 0.1) is 0 Å². The zero-order valence-corrected chi connectivity index (χ0v) is 14.4. The molecule has 0 atom stereocenters. The number of carbonyl (C=O) groups excluding carboxylic acids is 1. The summed E-state index contributed by atoms with van der Waals surface area (Å²) >= 11 is 5.98. The van der Waals surface area contributed by atoms with E-state index in [-0.39, 0.29) is 5.91 Å². The van der Waals surface area contributed by atoms with Gasteiger partial charge in [-0.3, -0.25) is 4.79 Å². The highest BCUT2D eigenvalue weighted by Crippen LogP contribution is 2.21.